The Morgan fingerprint density at radius 1 is 1.07 bits per heavy atom. The zero-order chi connectivity index (χ0) is 19.5. The molecule has 0 spiro atoms. The second-order valence-electron chi connectivity index (χ2n) is 7.06. The molecule has 0 atom stereocenters. The van der Waals surface area contributed by atoms with Crippen molar-refractivity contribution >= 4 is 34.6 Å². The van der Waals surface area contributed by atoms with E-state index in [4.69, 9.17) is 21.7 Å². The highest BCUT2D eigenvalue weighted by Crippen LogP contribution is 2.34. The van der Waals surface area contributed by atoms with Crippen LogP contribution in [0, 0.1) is 12.8 Å². The number of hydrogen-bond acceptors (Lipinski definition) is 4. The van der Waals surface area contributed by atoms with Crippen LogP contribution in [0.2, 0.25) is 0 Å². The van der Waals surface area contributed by atoms with Crippen molar-refractivity contribution in [1.82, 2.24) is 4.90 Å². The maximum absolute atomic E-state index is 12.6. The maximum atomic E-state index is 12.6. The van der Waals surface area contributed by atoms with Crippen LogP contribution in [0.1, 0.15) is 18.4 Å². The molecule has 146 valence electrons. The van der Waals surface area contributed by atoms with Crippen molar-refractivity contribution in [3.63, 3.8) is 0 Å². The fourth-order valence-corrected chi connectivity index (χ4v) is 3.76. The first kappa shape index (κ1) is 18.6. The van der Waals surface area contributed by atoms with Crippen LogP contribution in [0.25, 0.3) is 0 Å². The minimum absolute atomic E-state index is 0.0251. The highest BCUT2D eigenvalue weighted by molar-refractivity contribution is 7.80. The van der Waals surface area contributed by atoms with Crippen molar-refractivity contribution in [3.05, 3.63) is 48.0 Å². The molecule has 1 saturated heterocycles. The summed E-state index contributed by atoms with van der Waals surface area (Å²) in [5, 5.41) is 7.02. The van der Waals surface area contributed by atoms with E-state index in [9.17, 15) is 4.79 Å². The molecule has 0 saturated carbocycles. The predicted molar refractivity (Wildman–Crippen MR) is 113 cm³/mol. The molecule has 0 unspecified atom stereocenters. The van der Waals surface area contributed by atoms with Gasteiger partial charge in [-0.1, -0.05) is 18.2 Å². The fourth-order valence-electron chi connectivity index (χ4n) is 3.47. The number of rotatable bonds is 3. The maximum Gasteiger partial charge on any atom is 0.231 e. The monoisotopic (exact) mass is 397 g/mol. The molecule has 28 heavy (non-hydrogen) atoms. The predicted octanol–water partition coefficient (Wildman–Crippen LogP) is 3.77. The molecule has 1 fully saturated rings. The molecular weight excluding hydrogens is 374 g/mol. The molecule has 7 heteroatoms. The van der Waals surface area contributed by atoms with Gasteiger partial charge in [0.25, 0.3) is 0 Å². The van der Waals surface area contributed by atoms with E-state index in [-0.39, 0.29) is 18.6 Å². The highest BCUT2D eigenvalue weighted by Gasteiger charge is 2.26. The number of nitrogens with one attached hydrogen (secondary N) is 2. The van der Waals surface area contributed by atoms with E-state index in [2.05, 4.69) is 28.5 Å². The van der Waals surface area contributed by atoms with Crippen molar-refractivity contribution in [1.29, 1.82) is 0 Å². The average Bonchev–Trinajstić information content (AvgIpc) is 3.17. The number of carbonyl (C=O) groups excluding carboxylic acids is 1. The van der Waals surface area contributed by atoms with Gasteiger partial charge in [-0.3, -0.25) is 4.79 Å². The summed E-state index contributed by atoms with van der Waals surface area (Å²) in [7, 11) is 0. The number of anilines is 2. The summed E-state index contributed by atoms with van der Waals surface area (Å²) in [4.78, 5) is 14.8. The van der Waals surface area contributed by atoms with Crippen LogP contribution < -0.4 is 20.1 Å². The van der Waals surface area contributed by atoms with E-state index >= 15 is 0 Å². The summed E-state index contributed by atoms with van der Waals surface area (Å²) in [6.07, 6.45) is 1.54. The van der Waals surface area contributed by atoms with E-state index in [1.54, 1.807) is 6.07 Å². The van der Waals surface area contributed by atoms with Crippen LogP contribution in [0.4, 0.5) is 11.4 Å². The lowest BCUT2D eigenvalue weighted by molar-refractivity contribution is -0.120. The van der Waals surface area contributed by atoms with Crippen molar-refractivity contribution in [3.8, 4) is 11.5 Å². The van der Waals surface area contributed by atoms with Crippen molar-refractivity contribution in [2.24, 2.45) is 5.92 Å². The Balaban J connectivity index is 1.29. The largest absolute Gasteiger partial charge is 0.454 e. The van der Waals surface area contributed by atoms with Crippen LogP contribution in [-0.2, 0) is 4.79 Å². The van der Waals surface area contributed by atoms with E-state index in [0.717, 1.165) is 42.9 Å². The summed E-state index contributed by atoms with van der Waals surface area (Å²) in [5.41, 5.74) is 2.91. The first-order valence-electron chi connectivity index (χ1n) is 9.42. The number of hydrogen-bond donors (Lipinski definition) is 2. The number of piperidine rings is 1. The number of thiocarbonyl (C=S) groups is 1. The Morgan fingerprint density at radius 2 is 1.82 bits per heavy atom. The van der Waals surface area contributed by atoms with Crippen LogP contribution in [-0.4, -0.2) is 35.8 Å². The van der Waals surface area contributed by atoms with Crippen molar-refractivity contribution < 1.29 is 14.3 Å². The summed E-state index contributed by atoms with van der Waals surface area (Å²) in [6.45, 7) is 3.80. The van der Waals surface area contributed by atoms with Crippen LogP contribution in [0.5, 0.6) is 11.5 Å². The lowest BCUT2D eigenvalue weighted by atomic mass is 9.96. The zero-order valence-electron chi connectivity index (χ0n) is 15.7. The number of amides is 1. The first-order chi connectivity index (χ1) is 13.6. The topological polar surface area (TPSA) is 62.8 Å². The van der Waals surface area contributed by atoms with Crippen LogP contribution >= 0.6 is 12.2 Å². The van der Waals surface area contributed by atoms with Crippen molar-refractivity contribution in [2.45, 2.75) is 19.8 Å². The Labute approximate surface area is 169 Å². The summed E-state index contributed by atoms with van der Waals surface area (Å²) in [6, 6.07) is 13.5. The molecule has 2 aliphatic rings. The smallest absolute Gasteiger partial charge is 0.231 e. The number of carbonyl (C=O) groups is 1. The number of para-hydroxylation sites is 1. The summed E-state index contributed by atoms with van der Waals surface area (Å²) < 4.78 is 10.7. The minimum atomic E-state index is -0.0251. The molecule has 0 aromatic heterocycles. The molecule has 2 aliphatic heterocycles. The molecule has 0 radical (unpaired) electrons. The summed E-state index contributed by atoms with van der Waals surface area (Å²) in [5.74, 6) is 1.39. The molecule has 2 aromatic carbocycles. The third-order valence-corrected chi connectivity index (χ3v) is 5.54. The van der Waals surface area contributed by atoms with Gasteiger partial charge >= 0.3 is 0 Å². The Kier molecular flexibility index (Phi) is 5.34. The lowest BCUT2D eigenvalue weighted by Gasteiger charge is -2.33. The lowest BCUT2D eigenvalue weighted by Crippen LogP contribution is -2.43. The zero-order valence-corrected chi connectivity index (χ0v) is 16.6. The van der Waals surface area contributed by atoms with Gasteiger partial charge in [0.2, 0.25) is 12.7 Å². The van der Waals surface area contributed by atoms with Crippen LogP contribution in [0.15, 0.2) is 42.5 Å². The third kappa shape index (κ3) is 4.04. The van der Waals surface area contributed by atoms with Gasteiger partial charge in [0.05, 0.1) is 0 Å². The number of fused-ring (bicyclic) bond motifs is 1. The molecule has 4 rings (SSSR count). The minimum Gasteiger partial charge on any atom is -0.454 e. The Hall–Kier alpha value is -2.80. The quantitative estimate of drug-likeness (QED) is 0.769. The molecule has 2 N–H and O–H groups in total. The van der Waals surface area contributed by atoms with Gasteiger partial charge in [0, 0.05) is 36.4 Å². The number of ether oxygens (including phenoxy) is 2. The Morgan fingerprint density at radius 3 is 2.61 bits per heavy atom. The van der Waals surface area contributed by atoms with E-state index in [0.29, 0.717) is 16.6 Å². The number of nitrogens with zero attached hydrogens (tertiary/aromatic N) is 1. The molecular formula is C21H23N3O3S. The van der Waals surface area contributed by atoms with Gasteiger partial charge in [-0.25, -0.2) is 0 Å². The fraction of sp³-hybridized carbons (Fsp3) is 0.333. The molecule has 0 aliphatic carbocycles. The van der Waals surface area contributed by atoms with E-state index in [1.807, 2.05) is 30.3 Å². The SMILES string of the molecule is Cc1ccccc1NC(=S)N1CCC(C(=O)Nc2ccc3c(c2)OCO3)CC1. The van der Waals surface area contributed by atoms with Gasteiger partial charge in [0.15, 0.2) is 16.6 Å². The van der Waals surface area contributed by atoms with Gasteiger partial charge in [0.1, 0.15) is 0 Å². The molecule has 1 amide bonds. The van der Waals surface area contributed by atoms with E-state index < -0.39 is 0 Å². The highest BCUT2D eigenvalue weighted by atomic mass is 32.1. The molecule has 6 nitrogen and oxygen atoms in total. The standard InChI is InChI=1S/C21H23N3O3S/c1-14-4-2-3-5-17(14)23-21(28)24-10-8-15(9-11-24)20(25)22-16-6-7-18-19(12-16)27-13-26-18/h2-7,12,15H,8-11,13H2,1H3,(H,22,25)(H,23,28). The average molecular weight is 398 g/mol. The third-order valence-electron chi connectivity index (χ3n) is 5.18. The van der Waals surface area contributed by atoms with Gasteiger partial charge < -0.3 is 25.0 Å². The van der Waals surface area contributed by atoms with E-state index in [1.165, 1.54) is 0 Å². The molecule has 2 aromatic rings. The first-order valence-corrected chi connectivity index (χ1v) is 9.83. The van der Waals surface area contributed by atoms with Gasteiger partial charge in [-0.15, -0.1) is 0 Å². The normalized spacial score (nSPS) is 16.0. The number of likely N-dealkylation sites (tertiary alicyclic amines) is 1. The number of benzene rings is 2. The summed E-state index contributed by atoms with van der Waals surface area (Å²) >= 11 is 5.56. The van der Waals surface area contributed by atoms with Gasteiger partial charge in [-0.2, -0.15) is 0 Å². The van der Waals surface area contributed by atoms with Gasteiger partial charge in [-0.05, 0) is 55.7 Å². The number of aryl methyl sites for hydroxylation is 1. The molecule has 0 bridgehead atoms. The van der Waals surface area contributed by atoms with Crippen LogP contribution in [0.3, 0.4) is 0 Å². The second kappa shape index (κ2) is 8.06. The Bertz CT molecular complexity index is 894. The second-order valence-corrected chi connectivity index (χ2v) is 7.45. The molecule has 2 heterocycles. The van der Waals surface area contributed by atoms with Crippen molar-refractivity contribution in [2.75, 3.05) is 30.5 Å².